The highest BCUT2D eigenvalue weighted by Gasteiger charge is 1.97. The number of pyridine rings is 1. The molecular formula is C15H15N. The molecule has 0 aliphatic carbocycles. The SMILES string of the molecule is C=C(C)Cc1ccc(-c2ccncc2)cc1. The highest BCUT2D eigenvalue weighted by Crippen LogP contribution is 2.19. The van der Waals surface area contributed by atoms with E-state index in [1.807, 2.05) is 24.5 Å². The van der Waals surface area contributed by atoms with Crippen LogP contribution in [-0.4, -0.2) is 4.98 Å². The Morgan fingerprint density at radius 3 is 2.12 bits per heavy atom. The van der Waals surface area contributed by atoms with Crippen molar-refractivity contribution in [3.05, 3.63) is 66.5 Å². The minimum Gasteiger partial charge on any atom is -0.265 e. The van der Waals surface area contributed by atoms with E-state index in [1.165, 1.54) is 22.3 Å². The topological polar surface area (TPSA) is 12.9 Å². The smallest absolute Gasteiger partial charge is 0.0273 e. The van der Waals surface area contributed by atoms with Gasteiger partial charge in [0.2, 0.25) is 0 Å². The molecule has 80 valence electrons. The largest absolute Gasteiger partial charge is 0.265 e. The molecule has 0 aliphatic rings. The summed E-state index contributed by atoms with van der Waals surface area (Å²) >= 11 is 0. The lowest BCUT2D eigenvalue weighted by Crippen LogP contribution is -1.85. The van der Waals surface area contributed by atoms with Crippen LogP contribution < -0.4 is 0 Å². The normalized spacial score (nSPS) is 10.1. The molecule has 0 saturated heterocycles. The van der Waals surface area contributed by atoms with Crippen LogP contribution in [0.5, 0.6) is 0 Å². The summed E-state index contributed by atoms with van der Waals surface area (Å²) in [4.78, 5) is 4.02. The van der Waals surface area contributed by atoms with Gasteiger partial charge in [-0.05, 0) is 42.2 Å². The third kappa shape index (κ3) is 2.57. The van der Waals surface area contributed by atoms with Crippen LogP contribution in [0, 0.1) is 0 Å². The fourth-order valence-electron chi connectivity index (χ4n) is 1.71. The average Bonchev–Trinajstić information content (AvgIpc) is 2.30. The van der Waals surface area contributed by atoms with Crippen LogP contribution in [0.4, 0.5) is 0 Å². The summed E-state index contributed by atoms with van der Waals surface area (Å²) in [5.41, 5.74) is 4.94. The molecule has 1 aromatic heterocycles. The molecule has 2 aromatic rings. The lowest BCUT2D eigenvalue weighted by atomic mass is 10.0. The molecule has 0 spiro atoms. The Bertz CT molecular complexity index is 469. The Morgan fingerprint density at radius 1 is 1.00 bits per heavy atom. The van der Waals surface area contributed by atoms with Crippen molar-refractivity contribution in [3.63, 3.8) is 0 Å². The fraction of sp³-hybridized carbons (Fsp3) is 0.133. The van der Waals surface area contributed by atoms with E-state index in [1.54, 1.807) is 0 Å². The second-order valence-corrected chi connectivity index (χ2v) is 4.07. The van der Waals surface area contributed by atoms with Gasteiger partial charge in [-0.25, -0.2) is 0 Å². The number of hydrogen-bond donors (Lipinski definition) is 0. The highest BCUT2D eigenvalue weighted by atomic mass is 14.6. The van der Waals surface area contributed by atoms with Crippen molar-refractivity contribution in [2.45, 2.75) is 13.3 Å². The number of aromatic nitrogens is 1. The van der Waals surface area contributed by atoms with E-state index < -0.39 is 0 Å². The molecule has 1 nitrogen and oxygen atoms in total. The lowest BCUT2D eigenvalue weighted by Gasteiger charge is -2.04. The summed E-state index contributed by atoms with van der Waals surface area (Å²) in [7, 11) is 0. The molecule has 0 amide bonds. The van der Waals surface area contributed by atoms with Crippen LogP contribution in [0.3, 0.4) is 0 Å². The number of hydrogen-bond acceptors (Lipinski definition) is 1. The van der Waals surface area contributed by atoms with E-state index >= 15 is 0 Å². The van der Waals surface area contributed by atoms with Crippen molar-refractivity contribution in [3.8, 4) is 11.1 Å². The predicted octanol–water partition coefficient (Wildman–Crippen LogP) is 3.87. The molecule has 0 N–H and O–H groups in total. The van der Waals surface area contributed by atoms with Gasteiger partial charge >= 0.3 is 0 Å². The monoisotopic (exact) mass is 209 g/mol. The second kappa shape index (κ2) is 4.75. The van der Waals surface area contributed by atoms with Crippen molar-refractivity contribution >= 4 is 0 Å². The standard InChI is InChI=1S/C15H15N/c1-12(2)11-13-3-5-14(6-4-13)15-7-9-16-10-8-15/h3-10H,1,11H2,2H3. The Labute approximate surface area is 96.5 Å². The molecule has 0 saturated carbocycles. The molecule has 1 heteroatoms. The van der Waals surface area contributed by atoms with Crippen LogP contribution in [0.2, 0.25) is 0 Å². The predicted molar refractivity (Wildman–Crippen MR) is 68.2 cm³/mol. The summed E-state index contributed by atoms with van der Waals surface area (Å²) in [5.74, 6) is 0. The van der Waals surface area contributed by atoms with Gasteiger partial charge in [-0.15, -0.1) is 0 Å². The van der Waals surface area contributed by atoms with Gasteiger partial charge in [-0.2, -0.15) is 0 Å². The number of allylic oxidation sites excluding steroid dienone is 1. The summed E-state index contributed by atoms with van der Waals surface area (Å²) in [6, 6.07) is 12.7. The Balaban J connectivity index is 2.23. The molecule has 0 unspecified atom stereocenters. The Morgan fingerprint density at radius 2 is 1.56 bits per heavy atom. The maximum atomic E-state index is 4.02. The first-order chi connectivity index (χ1) is 7.75. The summed E-state index contributed by atoms with van der Waals surface area (Å²) in [5, 5.41) is 0. The molecule has 0 radical (unpaired) electrons. The zero-order chi connectivity index (χ0) is 11.4. The third-order valence-electron chi connectivity index (χ3n) is 2.47. The van der Waals surface area contributed by atoms with Gasteiger partial charge in [0.15, 0.2) is 0 Å². The minimum atomic E-state index is 0.955. The van der Waals surface area contributed by atoms with Gasteiger partial charge in [0, 0.05) is 12.4 Å². The molecule has 1 aromatic carbocycles. The van der Waals surface area contributed by atoms with E-state index in [0.717, 1.165) is 6.42 Å². The number of rotatable bonds is 3. The Kier molecular flexibility index (Phi) is 3.16. The number of nitrogens with zero attached hydrogens (tertiary/aromatic N) is 1. The van der Waals surface area contributed by atoms with E-state index in [2.05, 4.69) is 42.8 Å². The van der Waals surface area contributed by atoms with Crippen molar-refractivity contribution in [2.24, 2.45) is 0 Å². The van der Waals surface area contributed by atoms with Gasteiger partial charge in [-0.3, -0.25) is 4.98 Å². The van der Waals surface area contributed by atoms with Gasteiger partial charge in [0.05, 0.1) is 0 Å². The fourth-order valence-corrected chi connectivity index (χ4v) is 1.71. The molecular weight excluding hydrogens is 194 g/mol. The minimum absolute atomic E-state index is 0.955. The first-order valence-electron chi connectivity index (χ1n) is 5.39. The molecule has 16 heavy (non-hydrogen) atoms. The summed E-state index contributed by atoms with van der Waals surface area (Å²) in [6.45, 7) is 5.98. The average molecular weight is 209 g/mol. The van der Waals surface area contributed by atoms with Crippen LogP contribution in [0.1, 0.15) is 12.5 Å². The van der Waals surface area contributed by atoms with E-state index in [0.29, 0.717) is 0 Å². The van der Waals surface area contributed by atoms with Crippen LogP contribution in [0.25, 0.3) is 11.1 Å². The molecule has 2 rings (SSSR count). The maximum Gasteiger partial charge on any atom is 0.0273 e. The van der Waals surface area contributed by atoms with Gasteiger partial charge in [0.1, 0.15) is 0 Å². The highest BCUT2D eigenvalue weighted by molar-refractivity contribution is 5.62. The molecule has 0 aliphatic heterocycles. The van der Waals surface area contributed by atoms with E-state index in [4.69, 9.17) is 0 Å². The zero-order valence-electron chi connectivity index (χ0n) is 9.48. The van der Waals surface area contributed by atoms with E-state index in [-0.39, 0.29) is 0 Å². The summed E-state index contributed by atoms with van der Waals surface area (Å²) < 4.78 is 0. The molecule has 1 heterocycles. The third-order valence-corrected chi connectivity index (χ3v) is 2.47. The van der Waals surface area contributed by atoms with E-state index in [9.17, 15) is 0 Å². The van der Waals surface area contributed by atoms with Gasteiger partial charge < -0.3 is 0 Å². The van der Waals surface area contributed by atoms with Crippen molar-refractivity contribution in [2.75, 3.05) is 0 Å². The van der Waals surface area contributed by atoms with Gasteiger partial charge in [0.25, 0.3) is 0 Å². The van der Waals surface area contributed by atoms with Crippen LogP contribution in [0.15, 0.2) is 60.9 Å². The maximum absolute atomic E-state index is 4.02. The van der Waals surface area contributed by atoms with Crippen LogP contribution >= 0.6 is 0 Å². The lowest BCUT2D eigenvalue weighted by molar-refractivity contribution is 1.15. The zero-order valence-corrected chi connectivity index (χ0v) is 9.48. The van der Waals surface area contributed by atoms with Crippen molar-refractivity contribution in [1.29, 1.82) is 0 Å². The Hall–Kier alpha value is -1.89. The molecule has 0 atom stereocenters. The first-order valence-corrected chi connectivity index (χ1v) is 5.39. The van der Waals surface area contributed by atoms with Gasteiger partial charge in [-0.1, -0.05) is 36.4 Å². The number of benzene rings is 1. The molecule has 0 bridgehead atoms. The second-order valence-electron chi connectivity index (χ2n) is 4.07. The summed E-state index contributed by atoms with van der Waals surface area (Å²) in [6.07, 6.45) is 4.59. The molecule has 0 fully saturated rings. The van der Waals surface area contributed by atoms with Crippen molar-refractivity contribution in [1.82, 2.24) is 4.98 Å². The van der Waals surface area contributed by atoms with Crippen LogP contribution in [-0.2, 0) is 6.42 Å². The quantitative estimate of drug-likeness (QED) is 0.699. The first kappa shape index (κ1) is 10.6. The van der Waals surface area contributed by atoms with Crippen molar-refractivity contribution < 1.29 is 0 Å².